The zero-order valence-corrected chi connectivity index (χ0v) is 17.7. The second-order valence-electron chi connectivity index (χ2n) is 8.32. The molecule has 0 aliphatic carbocycles. The quantitative estimate of drug-likeness (QED) is 0.767. The Kier molecular flexibility index (Phi) is 6.32. The van der Waals surface area contributed by atoms with Gasteiger partial charge in [0, 0.05) is 24.5 Å². The summed E-state index contributed by atoms with van der Waals surface area (Å²) >= 11 is 0. The summed E-state index contributed by atoms with van der Waals surface area (Å²) in [6, 6.07) is 8.03. The summed E-state index contributed by atoms with van der Waals surface area (Å²) in [5.41, 5.74) is 4.49. The molecule has 3 rings (SSSR count). The molecule has 0 atom stereocenters. The molecule has 1 aliphatic heterocycles. The first kappa shape index (κ1) is 20.3. The number of amides is 1. The maximum atomic E-state index is 13.1. The summed E-state index contributed by atoms with van der Waals surface area (Å²) in [6.45, 7) is 12.4. The molecule has 1 aromatic heterocycles. The Morgan fingerprint density at radius 2 is 1.61 bits per heavy atom. The minimum Gasteiger partial charge on any atom is -0.341 e. The molecule has 1 aliphatic rings. The van der Waals surface area contributed by atoms with Crippen LogP contribution in [0.5, 0.6) is 0 Å². The van der Waals surface area contributed by atoms with Gasteiger partial charge in [0.25, 0.3) is 5.91 Å². The Hall–Kier alpha value is -2.43. The van der Waals surface area contributed by atoms with E-state index in [1.165, 1.54) is 6.42 Å². The molecule has 1 N–H and O–H groups in total. The van der Waals surface area contributed by atoms with E-state index in [4.69, 9.17) is 0 Å². The average Bonchev–Trinajstić information content (AvgIpc) is 2.68. The molecule has 0 saturated carbocycles. The van der Waals surface area contributed by atoms with Crippen LogP contribution in [0.15, 0.2) is 24.3 Å². The van der Waals surface area contributed by atoms with Gasteiger partial charge in [-0.2, -0.15) is 0 Å². The maximum absolute atomic E-state index is 13.1. The smallest absolute Gasteiger partial charge is 0.274 e. The van der Waals surface area contributed by atoms with Crippen molar-refractivity contribution in [3.05, 3.63) is 46.8 Å². The van der Waals surface area contributed by atoms with Crippen molar-refractivity contribution in [2.24, 2.45) is 0 Å². The zero-order valence-electron chi connectivity index (χ0n) is 17.7. The van der Waals surface area contributed by atoms with Crippen LogP contribution in [0.4, 0.5) is 11.6 Å². The van der Waals surface area contributed by atoms with E-state index in [0.717, 1.165) is 48.4 Å². The number of piperidine rings is 1. The van der Waals surface area contributed by atoms with Crippen LogP contribution in [0.2, 0.25) is 0 Å². The van der Waals surface area contributed by atoms with Crippen molar-refractivity contribution in [2.45, 2.75) is 65.7 Å². The Balaban J connectivity index is 1.92. The number of benzene rings is 1. The van der Waals surface area contributed by atoms with Crippen LogP contribution in [0.3, 0.4) is 0 Å². The highest BCUT2D eigenvalue weighted by Crippen LogP contribution is 2.32. The van der Waals surface area contributed by atoms with Gasteiger partial charge in [-0.1, -0.05) is 45.9 Å². The lowest BCUT2D eigenvalue weighted by Gasteiger charge is -2.27. The van der Waals surface area contributed by atoms with Crippen molar-refractivity contribution in [3.8, 4) is 0 Å². The lowest BCUT2D eigenvalue weighted by Crippen LogP contribution is -2.32. The topological polar surface area (TPSA) is 58.1 Å². The van der Waals surface area contributed by atoms with Gasteiger partial charge in [0.05, 0.1) is 0 Å². The van der Waals surface area contributed by atoms with E-state index >= 15 is 0 Å². The molecule has 5 heteroatoms. The van der Waals surface area contributed by atoms with E-state index in [-0.39, 0.29) is 5.91 Å². The van der Waals surface area contributed by atoms with Crippen molar-refractivity contribution in [1.82, 2.24) is 9.97 Å². The Morgan fingerprint density at radius 3 is 2.18 bits per heavy atom. The molecule has 1 aromatic carbocycles. The standard InChI is InChI=1S/C23H32N4O/c1-15(2)18-10-9-11-19(16(3)4)21(18)26-22(28)20-14-17(5)24-23(25-20)27-12-7-6-8-13-27/h9-11,14-16H,6-8,12-13H2,1-5H3,(H,26,28). The first-order chi connectivity index (χ1) is 13.4. The summed E-state index contributed by atoms with van der Waals surface area (Å²) in [4.78, 5) is 24.5. The van der Waals surface area contributed by atoms with E-state index in [1.807, 2.05) is 6.92 Å². The van der Waals surface area contributed by atoms with Crippen LogP contribution in [0.1, 0.15) is 86.1 Å². The van der Waals surface area contributed by atoms with Gasteiger partial charge < -0.3 is 10.2 Å². The molecular weight excluding hydrogens is 348 g/mol. The molecule has 1 saturated heterocycles. The predicted octanol–water partition coefficient (Wildman–Crippen LogP) is 5.27. The second-order valence-corrected chi connectivity index (χ2v) is 8.32. The molecule has 150 valence electrons. The molecule has 2 aromatic rings. The van der Waals surface area contributed by atoms with Gasteiger partial charge in [-0.05, 0) is 55.2 Å². The van der Waals surface area contributed by atoms with E-state index < -0.39 is 0 Å². The highest BCUT2D eigenvalue weighted by atomic mass is 16.1. The first-order valence-electron chi connectivity index (χ1n) is 10.4. The minimum atomic E-state index is -0.168. The fourth-order valence-corrected chi connectivity index (χ4v) is 3.78. The number of aromatic nitrogens is 2. The third kappa shape index (κ3) is 4.51. The third-order valence-electron chi connectivity index (χ3n) is 5.33. The van der Waals surface area contributed by atoms with Crippen LogP contribution in [0, 0.1) is 6.92 Å². The first-order valence-corrected chi connectivity index (χ1v) is 10.4. The van der Waals surface area contributed by atoms with E-state index in [9.17, 15) is 4.79 Å². The lowest BCUT2D eigenvalue weighted by molar-refractivity contribution is 0.102. The highest BCUT2D eigenvalue weighted by molar-refractivity contribution is 6.04. The van der Waals surface area contributed by atoms with Crippen molar-refractivity contribution < 1.29 is 4.79 Å². The summed E-state index contributed by atoms with van der Waals surface area (Å²) in [5, 5.41) is 3.17. The largest absolute Gasteiger partial charge is 0.341 e. The summed E-state index contributed by atoms with van der Waals surface area (Å²) in [5.74, 6) is 1.15. The normalized spacial score (nSPS) is 14.6. The van der Waals surface area contributed by atoms with Gasteiger partial charge in [-0.25, -0.2) is 9.97 Å². The van der Waals surface area contributed by atoms with E-state index in [0.29, 0.717) is 23.5 Å². The molecule has 1 amide bonds. The highest BCUT2D eigenvalue weighted by Gasteiger charge is 2.20. The predicted molar refractivity (Wildman–Crippen MR) is 115 cm³/mol. The molecule has 2 heterocycles. The number of nitrogens with one attached hydrogen (secondary N) is 1. The van der Waals surface area contributed by atoms with Crippen molar-refractivity contribution in [3.63, 3.8) is 0 Å². The zero-order chi connectivity index (χ0) is 20.3. The van der Waals surface area contributed by atoms with Crippen LogP contribution >= 0.6 is 0 Å². The summed E-state index contributed by atoms with van der Waals surface area (Å²) < 4.78 is 0. The van der Waals surface area contributed by atoms with Gasteiger partial charge >= 0.3 is 0 Å². The summed E-state index contributed by atoms with van der Waals surface area (Å²) in [7, 11) is 0. The molecule has 0 radical (unpaired) electrons. The van der Waals surface area contributed by atoms with Crippen LogP contribution in [-0.2, 0) is 0 Å². The number of hydrogen-bond donors (Lipinski definition) is 1. The third-order valence-corrected chi connectivity index (χ3v) is 5.33. The number of rotatable bonds is 5. The number of carbonyl (C=O) groups is 1. The molecular formula is C23H32N4O. The number of hydrogen-bond acceptors (Lipinski definition) is 4. The van der Waals surface area contributed by atoms with Crippen molar-refractivity contribution >= 4 is 17.5 Å². The van der Waals surface area contributed by atoms with Gasteiger partial charge in [-0.3, -0.25) is 4.79 Å². The lowest BCUT2D eigenvalue weighted by atomic mass is 9.92. The van der Waals surface area contributed by atoms with Gasteiger partial charge in [-0.15, -0.1) is 0 Å². The second kappa shape index (κ2) is 8.72. The number of nitrogens with zero attached hydrogens (tertiary/aromatic N) is 3. The van der Waals surface area contributed by atoms with Crippen molar-refractivity contribution in [2.75, 3.05) is 23.3 Å². The number of carbonyl (C=O) groups excluding carboxylic acids is 1. The van der Waals surface area contributed by atoms with Crippen LogP contribution in [-0.4, -0.2) is 29.0 Å². The number of anilines is 2. The van der Waals surface area contributed by atoms with Gasteiger partial charge in [0.2, 0.25) is 5.95 Å². The minimum absolute atomic E-state index is 0.168. The molecule has 0 unspecified atom stereocenters. The van der Waals surface area contributed by atoms with E-state index in [2.05, 4.69) is 66.1 Å². The number of aryl methyl sites for hydroxylation is 1. The number of para-hydroxylation sites is 1. The van der Waals surface area contributed by atoms with Gasteiger partial charge in [0.15, 0.2) is 0 Å². The molecule has 5 nitrogen and oxygen atoms in total. The molecule has 28 heavy (non-hydrogen) atoms. The van der Waals surface area contributed by atoms with Crippen LogP contribution in [0.25, 0.3) is 0 Å². The Labute approximate surface area is 168 Å². The SMILES string of the molecule is Cc1cc(C(=O)Nc2c(C(C)C)cccc2C(C)C)nc(N2CCCCC2)n1. The van der Waals surface area contributed by atoms with Crippen molar-refractivity contribution in [1.29, 1.82) is 0 Å². The Morgan fingerprint density at radius 1 is 1.00 bits per heavy atom. The Bertz CT molecular complexity index is 812. The fourth-order valence-electron chi connectivity index (χ4n) is 3.78. The maximum Gasteiger partial charge on any atom is 0.274 e. The van der Waals surface area contributed by atoms with E-state index in [1.54, 1.807) is 6.07 Å². The fraction of sp³-hybridized carbons (Fsp3) is 0.522. The average molecular weight is 381 g/mol. The van der Waals surface area contributed by atoms with Crippen LogP contribution < -0.4 is 10.2 Å². The monoisotopic (exact) mass is 380 g/mol. The molecule has 1 fully saturated rings. The summed E-state index contributed by atoms with van der Waals surface area (Å²) in [6.07, 6.45) is 3.55. The van der Waals surface area contributed by atoms with Gasteiger partial charge in [0.1, 0.15) is 5.69 Å². The molecule has 0 bridgehead atoms. The molecule has 0 spiro atoms.